The van der Waals surface area contributed by atoms with Gasteiger partial charge in [0.25, 0.3) is 0 Å². The molecule has 0 radical (unpaired) electrons. The van der Waals surface area contributed by atoms with Gasteiger partial charge in [-0.2, -0.15) is 0 Å². The molecule has 254 valence electrons. The zero-order chi connectivity index (χ0) is 35.8. The fourth-order valence-corrected chi connectivity index (χ4v) is 7.88. The Kier molecular flexibility index (Phi) is 7.85. The van der Waals surface area contributed by atoms with Crippen molar-refractivity contribution in [2.45, 2.75) is 0 Å². The van der Waals surface area contributed by atoms with Crippen molar-refractivity contribution in [3.05, 3.63) is 212 Å². The van der Waals surface area contributed by atoms with E-state index in [1.807, 2.05) is 0 Å². The molecule has 2 heteroatoms. The predicted molar refractivity (Wildman–Crippen MR) is 228 cm³/mol. The Morgan fingerprint density at radius 2 is 0.870 bits per heavy atom. The van der Waals surface area contributed by atoms with E-state index in [0.717, 1.165) is 72.4 Å². The van der Waals surface area contributed by atoms with E-state index in [9.17, 15) is 0 Å². The first-order valence-electron chi connectivity index (χ1n) is 18.4. The number of fused-ring (bicyclic) bond motifs is 4. The molecule has 0 aliphatic rings. The molecule has 0 atom stereocenters. The van der Waals surface area contributed by atoms with Crippen LogP contribution in [0.25, 0.3) is 77.2 Å². The van der Waals surface area contributed by atoms with Crippen LogP contribution >= 0.6 is 0 Å². The third-order valence-corrected chi connectivity index (χ3v) is 10.5. The Hall–Kier alpha value is -7.16. The second kappa shape index (κ2) is 13.4. The van der Waals surface area contributed by atoms with Crippen LogP contribution < -0.4 is 4.90 Å². The lowest BCUT2D eigenvalue weighted by molar-refractivity contribution is 0.670. The molecule has 54 heavy (non-hydrogen) atoms. The molecule has 0 bridgehead atoms. The Morgan fingerprint density at radius 3 is 1.59 bits per heavy atom. The maximum Gasteiger partial charge on any atom is 0.159 e. The van der Waals surface area contributed by atoms with Gasteiger partial charge in [0.05, 0.1) is 11.4 Å². The summed E-state index contributed by atoms with van der Waals surface area (Å²) in [4.78, 5) is 2.36. The highest BCUT2D eigenvalue weighted by atomic mass is 16.3. The van der Waals surface area contributed by atoms with E-state index >= 15 is 0 Å². The lowest BCUT2D eigenvalue weighted by atomic mass is 9.94. The molecule has 2 nitrogen and oxygen atoms in total. The van der Waals surface area contributed by atoms with Gasteiger partial charge in [0, 0.05) is 27.6 Å². The van der Waals surface area contributed by atoms with Crippen LogP contribution in [-0.4, -0.2) is 0 Å². The monoisotopic (exact) mass is 689 g/mol. The molecule has 0 aliphatic heterocycles. The number of anilines is 3. The minimum atomic E-state index is 0.842. The molecule has 0 spiro atoms. The van der Waals surface area contributed by atoms with Gasteiger partial charge in [-0.25, -0.2) is 0 Å². The van der Waals surface area contributed by atoms with Gasteiger partial charge in [0.2, 0.25) is 0 Å². The zero-order valence-electron chi connectivity index (χ0n) is 29.6. The van der Waals surface area contributed by atoms with Crippen LogP contribution in [-0.2, 0) is 0 Å². The summed E-state index contributed by atoms with van der Waals surface area (Å²) in [6, 6.07) is 75.6. The number of nitrogens with zero attached hydrogens (tertiary/aromatic N) is 1. The fraction of sp³-hybridized carbons (Fsp3) is 0. The molecule has 0 saturated carbocycles. The maximum atomic E-state index is 7.19. The van der Waals surface area contributed by atoms with E-state index in [0.29, 0.717) is 0 Å². The van der Waals surface area contributed by atoms with Crippen molar-refractivity contribution in [1.29, 1.82) is 0 Å². The maximum absolute atomic E-state index is 7.19. The van der Waals surface area contributed by atoms with Crippen LogP contribution in [0.4, 0.5) is 17.1 Å². The van der Waals surface area contributed by atoms with Crippen LogP contribution in [0.1, 0.15) is 0 Å². The summed E-state index contributed by atoms with van der Waals surface area (Å²) >= 11 is 0. The van der Waals surface area contributed by atoms with Crippen LogP contribution in [0.5, 0.6) is 0 Å². The first-order chi connectivity index (χ1) is 26.8. The molecule has 1 heterocycles. The van der Waals surface area contributed by atoms with Crippen molar-refractivity contribution < 1.29 is 4.42 Å². The zero-order valence-corrected chi connectivity index (χ0v) is 29.6. The van der Waals surface area contributed by atoms with Crippen molar-refractivity contribution in [2.75, 3.05) is 4.90 Å². The third kappa shape index (κ3) is 5.53. The van der Waals surface area contributed by atoms with E-state index in [2.05, 4.69) is 217 Å². The van der Waals surface area contributed by atoms with Gasteiger partial charge in [-0.1, -0.05) is 176 Å². The highest BCUT2D eigenvalue weighted by Gasteiger charge is 2.24. The summed E-state index contributed by atoms with van der Waals surface area (Å²) in [5, 5.41) is 4.67. The first-order valence-corrected chi connectivity index (χ1v) is 18.4. The minimum absolute atomic E-state index is 0.842. The van der Waals surface area contributed by atoms with Crippen LogP contribution in [0.15, 0.2) is 217 Å². The average Bonchev–Trinajstić information content (AvgIpc) is 3.65. The summed E-state index contributed by atoms with van der Waals surface area (Å²) in [6.45, 7) is 0. The molecule has 0 aliphatic carbocycles. The topological polar surface area (TPSA) is 16.4 Å². The van der Waals surface area contributed by atoms with Crippen molar-refractivity contribution >= 4 is 49.8 Å². The summed E-state index contributed by atoms with van der Waals surface area (Å²) in [7, 11) is 0. The van der Waals surface area contributed by atoms with Gasteiger partial charge >= 0.3 is 0 Å². The van der Waals surface area contributed by atoms with E-state index in [1.54, 1.807) is 0 Å². The van der Waals surface area contributed by atoms with Gasteiger partial charge in [-0.15, -0.1) is 0 Å². The molecule has 0 unspecified atom stereocenters. The highest BCUT2D eigenvalue weighted by molar-refractivity contribution is 6.19. The molecule has 1 aromatic heterocycles. The summed E-state index contributed by atoms with van der Waals surface area (Å²) in [5.74, 6) is 0. The van der Waals surface area contributed by atoms with Crippen molar-refractivity contribution in [3.63, 3.8) is 0 Å². The van der Waals surface area contributed by atoms with Gasteiger partial charge in [0.15, 0.2) is 5.58 Å². The van der Waals surface area contributed by atoms with Crippen LogP contribution in [0.3, 0.4) is 0 Å². The van der Waals surface area contributed by atoms with E-state index in [4.69, 9.17) is 4.42 Å². The van der Waals surface area contributed by atoms with Gasteiger partial charge in [-0.3, -0.25) is 0 Å². The number of furan rings is 1. The molecule has 10 rings (SSSR count). The normalized spacial score (nSPS) is 11.3. The molecule has 0 amide bonds. The average molecular weight is 690 g/mol. The minimum Gasteiger partial charge on any atom is -0.453 e. The third-order valence-electron chi connectivity index (χ3n) is 10.5. The summed E-state index contributed by atoms with van der Waals surface area (Å²) in [5.41, 5.74) is 14.0. The Labute approximate surface area is 314 Å². The molecule has 0 saturated heterocycles. The quantitative estimate of drug-likeness (QED) is 0.166. The van der Waals surface area contributed by atoms with Crippen LogP contribution in [0, 0.1) is 0 Å². The Bertz CT molecular complexity index is 2910. The number of rotatable bonds is 7. The smallest absolute Gasteiger partial charge is 0.159 e. The SMILES string of the molecule is c1ccc(-c2ccccc2N(c2ccc(-c3ccc4ccccc4c3)cc2)c2cccc3c2oc2c(-c4ccccc4)ccc(-c4ccccc4)c23)cc1. The van der Waals surface area contributed by atoms with Crippen molar-refractivity contribution in [1.82, 2.24) is 0 Å². The second-order valence-electron chi connectivity index (χ2n) is 13.7. The first kappa shape index (κ1) is 31.6. The molecule has 10 aromatic rings. The van der Waals surface area contributed by atoms with Crippen LogP contribution in [0.2, 0.25) is 0 Å². The van der Waals surface area contributed by atoms with Crippen molar-refractivity contribution in [3.8, 4) is 44.5 Å². The second-order valence-corrected chi connectivity index (χ2v) is 13.7. The number of hydrogen-bond donors (Lipinski definition) is 0. The highest BCUT2D eigenvalue weighted by Crippen LogP contribution is 2.48. The summed E-state index contributed by atoms with van der Waals surface area (Å²) < 4.78 is 7.19. The molecular weight excluding hydrogens is 655 g/mol. The lowest BCUT2D eigenvalue weighted by Crippen LogP contribution is -2.11. The van der Waals surface area contributed by atoms with Gasteiger partial charge in [-0.05, 0) is 80.6 Å². The number of para-hydroxylation sites is 2. The fourth-order valence-electron chi connectivity index (χ4n) is 7.88. The lowest BCUT2D eigenvalue weighted by Gasteiger charge is -2.28. The number of hydrogen-bond acceptors (Lipinski definition) is 2. The van der Waals surface area contributed by atoms with E-state index < -0.39 is 0 Å². The predicted octanol–water partition coefficient (Wildman–Crippen LogP) is 14.9. The van der Waals surface area contributed by atoms with Crippen molar-refractivity contribution in [2.24, 2.45) is 0 Å². The largest absolute Gasteiger partial charge is 0.453 e. The van der Waals surface area contributed by atoms with E-state index in [-0.39, 0.29) is 0 Å². The molecule has 0 fully saturated rings. The van der Waals surface area contributed by atoms with E-state index in [1.165, 1.54) is 21.9 Å². The Morgan fingerprint density at radius 1 is 0.315 bits per heavy atom. The number of benzene rings is 9. The van der Waals surface area contributed by atoms with Gasteiger partial charge < -0.3 is 9.32 Å². The molecular formula is C52H35NO. The van der Waals surface area contributed by atoms with Gasteiger partial charge in [0.1, 0.15) is 5.58 Å². The Balaban J connectivity index is 1.22. The molecule has 0 N–H and O–H groups in total. The summed E-state index contributed by atoms with van der Waals surface area (Å²) in [6.07, 6.45) is 0. The molecule has 9 aromatic carbocycles. The standard InChI is InChI=1S/C52H35NO/c1-4-16-38(17-5-1)44-23-12-13-25-48(44)53(43-31-29-37(30-32-43)42-28-27-36-15-10-11-22-41(36)35-42)49-26-14-24-47-50-45(39-18-6-2-7-19-39)33-34-46(52(50)54-51(47)49)40-20-8-3-9-21-40/h1-35H.